The molecule has 0 spiro atoms. The van der Waals surface area contributed by atoms with Crippen LogP contribution >= 0.6 is 0 Å². The number of benzene rings is 1. The van der Waals surface area contributed by atoms with Gasteiger partial charge in [0.15, 0.2) is 6.61 Å². The number of rotatable bonds is 2. The largest absolute Gasteiger partial charge is 0.484 e. The summed E-state index contributed by atoms with van der Waals surface area (Å²) in [5.74, 6) is 1.72. The minimum absolute atomic E-state index is 0.114. The Morgan fingerprint density at radius 1 is 1.42 bits per heavy atom. The van der Waals surface area contributed by atoms with Crippen LogP contribution in [-0.2, 0) is 6.54 Å². The van der Waals surface area contributed by atoms with E-state index in [9.17, 15) is 4.79 Å². The molecule has 1 aromatic carbocycles. The number of nitrogens with zero attached hydrogens (tertiary/aromatic N) is 1. The summed E-state index contributed by atoms with van der Waals surface area (Å²) < 4.78 is 5.61. The third kappa shape index (κ3) is 2.39. The van der Waals surface area contributed by atoms with Gasteiger partial charge in [0.05, 0.1) is 5.56 Å². The zero-order valence-corrected chi connectivity index (χ0v) is 11.7. The molecule has 19 heavy (non-hydrogen) atoms. The molecule has 2 aliphatic rings. The molecule has 0 amide bonds. The molecular weight excluding hydrogens is 238 g/mol. The van der Waals surface area contributed by atoms with Crippen molar-refractivity contribution in [2.75, 3.05) is 19.7 Å². The van der Waals surface area contributed by atoms with Crippen LogP contribution in [0.4, 0.5) is 0 Å². The van der Waals surface area contributed by atoms with Crippen molar-refractivity contribution in [2.45, 2.75) is 33.2 Å². The second-order valence-corrected chi connectivity index (χ2v) is 5.93. The van der Waals surface area contributed by atoms with E-state index < -0.39 is 0 Å². The van der Waals surface area contributed by atoms with Gasteiger partial charge in [0, 0.05) is 18.7 Å². The van der Waals surface area contributed by atoms with Crippen LogP contribution in [0.25, 0.3) is 0 Å². The topological polar surface area (TPSA) is 29.5 Å². The van der Waals surface area contributed by atoms with E-state index in [1.165, 1.54) is 24.0 Å². The van der Waals surface area contributed by atoms with E-state index in [-0.39, 0.29) is 12.4 Å². The van der Waals surface area contributed by atoms with Gasteiger partial charge >= 0.3 is 0 Å². The average Bonchev–Trinajstić information content (AvgIpc) is 2.75. The molecule has 0 N–H and O–H groups in total. The van der Waals surface area contributed by atoms with Gasteiger partial charge in [-0.3, -0.25) is 9.69 Å². The predicted molar refractivity (Wildman–Crippen MR) is 74.7 cm³/mol. The number of piperidine rings is 1. The van der Waals surface area contributed by atoms with E-state index in [0.717, 1.165) is 36.9 Å². The molecule has 0 saturated carbocycles. The van der Waals surface area contributed by atoms with Crippen molar-refractivity contribution in [1.29, 1.82) is 0 Å². The maximum atomic E-state index is 11.7. The Hall–Kier alpha value is -1.35. The zero-order chi connectivity index (χ0) is 13.4. The van der Waals surface area contributed by atoms with Gasteiger partial charge in [-0.1, -0.05) is 13.0 Å². The van der Waals surface area contributed by atoms with Crippen LogP contribution < -0.4 is 4.74 Å². The van der Waals surface area contributed by atoms with Crippen molar-refractivity contribution in [3.8, 4) is 5.75 Å². The second kappa shape index (κ2) is 4.97. The maximum absolute atomic E-state index is 11.7. The van der Waals surface area contributed by atoms with Gasteiger partial charge in [0.2, 0.25) is 5.78 Å². The van der Waals surface area contributed by atoms with Crippen molar-refractivity contribution < 1.29 is 9.53 Å². The SMILES string of the molecule is Cc1ccc2c(c1CN1CCC[C@H](C)C1)OCC2=O. The first-order chi connectivity index (χ1) is 9.15. The number of Topliss-reactive ketones (excluding diaryl/α,β-unsaturated/α-hetero) is 1. The summed E-state index contributed by atoms with van der Waals surface area (Å²) in [5.41, 5.74) is 3.20. The Morgan fingerprint density at radius 3 is 3.05 bits per heavy atom. The lowest BCUT2D eigenvalue weighted by Gasteiger charge is -2.31. The van der Waals surface area contributed by atoms with Crippen molar-refractivity contribution in [3.63, 3.8) is 0 Å². The molecule has 3 nitrogen and oxygen atoms in total. The van der Waals surface area contributed by atoms with Gasteiger partial charge in [-0.2, -0.15) is 0 Å². The first-order valence-corrected chi connectivity index (χ1v) is 7.16. The molecule has 0 unspecified atom stereocenters. The molecule has 102 valence electrons. The Morgan fingerprint density at radius 2 is 2.26 bits per heavy atom. The van der Waals surface area contributed by atoms with Crippen LogP contribution in [0.5, 0.6) is 5.75 Å². The highest BCUT2D eigenvalue weighted by Crippen LogP contribution is 2.33. The van der Waals surface area contributed by atoms with Crippen LogP contribution in [0.3, 0.4) is 0 Å². The molecule has 2 heterocycles. The lowest BCUT2D eigenvalue weighted by atomic mass is 9.97. The fourth-order valence-corrected chi connectivity index (χ4v) is 3.18. The summed E-state index contributed by atoms with van der Waals surface area (Å²) in [6.45, 7) is 7.84. The molecule has 1 fully saturated rings. The fourth-order valence-electron chi connectivity index (χ4n) is 3.18. The minimum Gasteiger partial charge on any atom is -0.484 e. The summed E-state index contributed by atoms with van der Waals surface area (Å²) in [4.78, 5) is 14.2. The molecule has 2 aliphatic heterocycles. The zero-order valence-electron chi connectivity index (χ0n) is 11.7. The summed E-state index contributed by atoms with van der Waals surface area (Å²) in [5, 5.41) is 0. The van der Waals surface area contributed by atoms with Gasteiger partial charge in [0.25, 0.3) is 0 Å². The van der Waals surface area contributed by atoms with Gasteiger partial charge < -0.3 is 4.74 Å². The van der Waals surface area contributed by atoms with E-state index in [4.69, 9.17) is 4.74 Å². The number of ketones is 1. The van der Waals surface area contributed by atoms with E-state index >= 15 is 0 Å². The molecule has 0 radical (unpaired) electrons. The number of carbonyl (C=O) groups excluding carboxylic acids is 1. The Balaban J connectivity index is 1.86. The molecule has 0 aliphatic carbocycles. The highest BCUT2D eigenvalue weighted by molar-refractivity contribution is 6.02. The molecule has 0 bridgehead atoms. The molecule has 3 rings (SSSR count). The lowest BCUT2D eigenvalue weighted by molar-refractivity contribution is 0.0960. The van der Waals surface area contributed by atoms with E-state index in [1.807, 2.05) is 12.1 Å². The second-order valence-electron chi connectivity index (χ2n) is 5.93. The van der Waals surface area contributed by atoms with E-state index in [0.29, 0.717) is 0 Å². The van der Waals surface area contributed by atoms with E-state index in [2.05, 4.69) is 18.7 Å². The Labute approximate surface area is 114 Å². The number of likely N-dealkylation sites (tertiary alicyclic amines) is 1. The smallest absolute Gasteiger partial charge is 0.203 e. The average molecular weight is 259 g/mol. The highest BCUT2D eigenvalue weighted by atomic mass is 16.5. The van der Waals surface area contributed by atoms with Crippen molar-refractivity contribution in [2.24, 2.45) is 5.92 Å². The predicted octanol–water partition coefficient (Wildman–Crippen LogP) is 2.80. The first kappa shape index (κ1) is 12.7. The third-order valence-electron chi connectivity index (χ3n) is 4.27. The Kier molecular flexibility index (Phi) is 3.31. The number of fused-ring (bicyclic) bond motifs is 1. The summed E-state index contributed by atoms with van der Waals surface area (Å²) in [6, 6.07) is 3.95. The fraction of sp³-hybridized carbons (Fsp3) is 0.562. The quantitative estimate of drug-likeness (QED) is 0.818. The normalized spacial score (nSPS) is 23.3. The molecule has 3 heteroatoms. The monoisotopic (exact) mass is 259 g/mol. The standard InChI is InChI=1S/C16H21NO2/c1-11-4-3-7-17(8-11)9-14-12(2)5-6-13-15(18)10-19-16(13)14/h5-6,11H,3-4,7-10H2,1-2H3/t11-/m0/s1. The van der Waals surface area contributed by atoms with Crippen molar-refractivity contribution in [3.05, 3.63) is 28.8 Å². The number of hydrogen-bond acceptors (Lipinski definition) is 3. The third-order valence-corrected chi connectivity index (χ3v) is 4.27. The van der Waals surface area contributed by atoms with Crippen LogP contribution in [0, 0.1) is 12.8 Å². The van der Waals surface area contributed by atoms with Gasteiger partial charge in [0.1, 0.15) is 5.75 Å². The van der Waals surface area contributed by atoms with E-state index in [1.54, 1.807) is 0 Å². The van der Waals surface area contributed by atoms with Gasteiger partial charge in [-0.05, 0) is 43.9 Å². The summed E-state index contributed by atoms with van der Waals surface area (Å²) in [7, 11) is 0. The van der Waals surface area contributed by atoms with Crippen molar-refractivity contribution in [1.82, 2.24) is 4.90 Å². The number of ether oxygens (including phenoxy) is 1. The van der Waals surface area contributed by atoms with Crippen LogP contribution in [0.2, 0.25) is 0 Å². The van der Waals surface area contributed by atoms with Crippen molar-refractivity contribution >= 4 is 5.78 Å². The van der Waals surface area contributed by atoms with Crippen LogP contribution in [0.15, 0.2) is 12.1 Å². The molecule has 1 saturated heterocycles. The van der Waals surface area contributed by atoms with Crippen LogP contribution in [-0.4, -0.2) is 30.4 Å². The number of aryl methyl sites for hydroxylation is 1. The minimum atomic E-state index is 0.114. The first-order valence-electron chi connectivity index (χ1n) is 7.16. The maximum Gasteiger partial charge on any atom is 0.203 e. The molecule has 1 aromatic rings. The Bertz CT molecular complexity index is 510. The molecule has 0 aromatic heterocycles. The summed E-state index contributed by atoms with van der Waals surface area (Å²) >= 11 is 0. The van der Waals surface area contributed by atoms with Gasteiger partial charge in [-0.15, -0.1) is 0 Å². The number of hydrogen-bond donors (Lipinski definition) is 0. The number of carbonyl (C=O) groups is 1. The summed E-state index contributed by atoms with van der Waals surface area (Å²) in [6.07, 6.45) is 2.60. The van der Waals surface area contributed by atoms with Gasteiger partial charge in [-0.25, -0.2) is 0 Å². The van der Waals surface area contributed by atoms with Crippen LogP contribution in [0.1, 0.15) is 41.3 Å². The lowest BCUT2D eigenvalue weighted by Crippen LogP contribution is -2.34. The molecule has 1 atom stereocenters. The highest BCUT2D eigenvalue weighted by Gasteiger charge is 2.26. The molecular formula is C16H21NO2.